The van der Waals surface area contributed by atoms with E-state index in [1.165, 1.54) is 19.3 Å². The van der Waals surface area contributed by atoms with Gasteiger partial charge in [0, 0.05) is 30.6 Å². The maximum Gasteiger partial charge on any atom is 0.413 e. The van der Waals surface area contributed by atoms with E-state index >= 15 is 4.39 Å². The van der Waals surface area contributed by atoms with Crippen molar-refractivity contribution in [3.8, 4) is 0 Å². The van der Waals surface area contributed by atoms with Crippen LogP contribution in [0.5, 0.6) is 0 Å². The maximum atomic E-state index is 15.8. The van der Waals surface area contributed by atoms with Crippen LogP contribution in [0.2, 0.25) is 18.1 Å². The Balaban J connectivity index is 2.00. The zero-order chi connectivity index (χ0) is 32.4. The van der Waals surface area contributed by atoms with E-state index in [9.17, 15) is 14.4 Å². The maximum absolute atomic E-state index is 15.8. The quantitative estimate of drug-likeness (QED) is 0.246. The first kappa shape index (κ1) is 34.4. The number of hydrogen-bond acceptors (Lipinski definition) is 7. The molecule has 0 saturated heterocycles. The van der Waals surface area contributed by atoms with Crippen molar-refractivity contribution in [3.63, 3.8) is 0 Å². The number of hydrogen-bond donors (Lipinski definition) is 1. The van der Waals surface area contributed by atoms with E-state index in [-0.39, 0.29) is 40.0 Å². The third kappa shape index (κ3) is 8.32. The van der Waals surface area contributed by atoms with Crippen LogP contribution < -0.4 is 5.32 Å². The van der Waals surface area contributed by atoms with Crippen LogP contribution in [-0.2, 0) is 28.9 Å². The van der Waals surface area contributed by atoms with Gasteiger partial charge in [-0.3, -0.25) is 14.9 Å². The summed E-state index contributed by atoms with van der Waals surface area (Å²) < 4.78 is 32.5. The Hall–Kier alpha value is -3.05. The molecular weight excluding hydrogens is 569 g/mol. The van der Waals surface area contributed by atoms with Crippen LogP contribution in [0.25, 0.3) is 6.08 Å². The van der Waals surface area contributed by atoms with Crippen molar-refractivity contribution < 1.29 is 32.7 Å². The topological polar surface area (TPSA) is 107 Å². The molecule has 0 atom stereocenters. The van der Waals surface area contributed by atoms with Gasteiger partial charge in [-0.2, -0.15) is 0 Å². The lowest BCUT2D eigenvalue weighted by Crippen LogP contribution is -2.44. The summed E-state index contributed by atoms with van der Waals surface area (Å²) in [6.45, 7) is 19.3. The molecule has 1 aromatic rings. The second-order valence-electron chi connectivity index (χ2n) is 13.9. The second-order valence-corrected chi connectivity index (χ2v) is 18.7. The van der Waals surface area contributed by atoms with Crippen LogP contribution in [-0.4, -0.2) is 69.4 Å². The molecule has 9 nitrogen and oxygen atoms in total. The Morgan fingerprint density at radius 2 is 1.74 bits per heavy atom. The first-order valence-electron chi connectivity index (χ1n) is 15.0. The lowest BCUT2D eigenvalue weighted by molar-refractivity contribution is -0.143. The molecule has 238 valence electrons. The van der Waals surface area contributed by atoms with Gasteiger partial charge >= 0.3 is 12.1 Å². The number of nitrogens with zero attached hydrogens (tertiary/aromatic N) is 2. The van der Waals surface area contributed by atoms with Gasteiger partial charge in [0.2, 0.25) is 5.91 Å². The summed E-state index contributed by atoms with van der Waals surface area (Å²) in [6.07, 6.45) is 2.51. The third-order valence-corrected chi connectivity index (χ3v) is 12.8. The number of fused-ring (bicyclic) bond motifs is 1. The molecule has 1 N–H and O–H groups in total. The normalized spacial score (nSPS) is 16.3. The minimum atomic E-state index is -2.02. The van der Waals surface area contributed by atoms with Crippen molar-refractivity contribution in [2.75, 3.05) is 26.8 Å². The smallest absolute Gasteiger partial charge is 0.413 e. The van der Waals surface area contributed by atoms with E-state index in [4.69, 9.17) is 13.9 Å². The highest BCUT2D eigenvalue weighted by atomic mass is 28.4. The van der Waals surface area contributed by atoms with Crippen LogP contribution in [0, 0.1) is 5.82 Å². The standard InChI is InChI=1S/C32H48FN3O6Si/c1-11-14-36(15-16-41-43(9,10)31(5,6)7)27(37)21-17-23-24(33)19-22(32(12-13-32)28(38)40-8)20-25(23)34-26(18-21)35-29(39)42-30(2,3)4/h17,19-20H,11-16,18H2,1-10H3,(H,34,35,39). The van der Waals surface area contributed by atoms with Gasteiger partial charge in [-0.15, -0.1) is 0 Å². The fraction of sp³-hybridized carbons (Fsp3) is 0.625. The number of aliphatic imine (C=N–C) groups is 1. The number of amidine groups is 1. The Kier molecular flexibility index (Phi) is 10.3. The molecule has 11 heteroatoms. The number of rotatable bonds is 9. The summed E-state index contributed by atoms with van der Waals surface area (Å²) >= 11 is 0. The minimum Gasteiger partial charge on any atom is -0.468 e. The van der Waals surface area contributed by atoms with Crippen LogP contribution in [0.4, 0.5) is 14.9 Å². The van der Waals surface area contributed by atoms with Gasteiger partial charge in [-0.05, 0) is 81.9 Å². The molecule has 43 heavy (non-hydrogen) atoms. The minimum absolute atomic E-state index is 0.0299. The average molecular weight is 618 g/mol. The highest BCUT2D eigenvalue weighted by molar-refractivity contribution is 6.74. The third-order valence-electron chi connectivity index (χ3n) is 8.25. The van der Waals surface area contributed by atoms with E-state index in [0.29, 0.717) is 38.1 Å². The molecule has 0 aromatic heterocycles. The van der Waals surface area contributed by atoms with E-state index in [1.54, 1.807) is 31.7 Å². The molecule has 0 bridgehead atoms. The van der Waals surface area contributed by atoms with Gasteiger partial charge in [-0.1, -0.05) is 27.7 Å². The molecule has 3 rings (SSSR count). The van der Waals surface area contributed by atoms with Crippen molar-refractivity contribution >= 4 is 43.9 Å². The fourth-order valence-electron chi connectivity index (χ4n) is 4.68. The molecule has 1 aromatic carbocycles. The summed E-state index contributed by atoms with van der Waals surface area (Å²) in [7, 11) is -0.715. The molecule has 0 unspecified atom stereocenters. The first-order chi connectivity index (χ1) is 19.8. The molecule has 1 aliphatic heterocycles. The Morgan fingerprint density at radius 3 is 2.28 bits per heavy atom. The van der Waals surface area contributed by atoms with Crippen LogP contribution >= 0.6 is 0 Å². The Labute approximate surface area is 256 Å². The zero-order valence-electron chi connectivity index (χ0n) is 27.4. The number of amides is 2. The highest BCUT2D eigenvalue weighted by Gasteiger charge is 2.53. The number of carbonyl (C=O) groups is 3. The zero-order valence-corrected chi connectivity index (χ0v) is 28.4. The Morgan fingerprint density at radius 1 is 1.09 bits per heavy atom. The van der Waals surface area contributed by atoms with Crippen molar-refractivity contribution in [1.82, 2.24) is 10.2 Å². The number of alkyl carbamates (subject to hydrolysis) is 1. The molecular formula is C32H48FN3O6Si. The summed E-state index contributed by atoms with van der Waals surface area (Å²) in [4.78, 5) is 45.5. The van der Waals surface area contributed by atoms with E-state index in [1.807, 2.05) is 6.92 Å². The van der Waals surface area contributed by atoms with Gasteiger partial charge in [0.1, 0.15) is 17.3 Å². The molecule has 1 heterocycles. The van der Waals surface area contributed by atoms with Gasteiger partial charge in [0.15, 0.2) is 8.32 Å². The number of esters is 1. The van der Waals surface area contributed by atoms with Gasteiger partial charge in [0.05, 0.1) is 24.8 Å². The van der Waals surface area contributed by atoms with Crippen molar-refractivity contribution in [2.24, 2.45) is 4.99 Å². The molecule has 1 fully saturated rings. The number of methoxy groups -OCH3 is 1. The summed E-state index contributed by atoms with van der Waals surface area (Å²) in [5.41, 5.74) is -0.632. The average Bonchev–Trinajstić information content (AvgIpc) is 3.70. The number of benzene rings is 1. The van der Waals surface area contributed by atoms with Crippen molar-refractivity contribution in [1.29, 1.82) is 0 Å². The number of ether oxygens (including phenoxy) is 2. The van der Waals surface area contributed by atoms with Gasteiger partial charge in [-0.25, -0.2) is 14.2 Å². The van der Waals surface area contributed by atoms with Crippen LogP contribution in [0.1, 0.15) is 85.3 Å². The van der Waals surface area contributed by atoms with Crippen molar-refractivity contribution in [3.05, 3.63) is 34.6 Å². The number of carbonyl (C=O) groups excluding carboxylic acids is 3. The first-order valence-corrected chi connectivity index (χ1v) is 17.9. The fourth-order valence-corrected chi connectivity index (χ4v) is 5.72. The molecule has 0 spiro atoms. The number of halogens is 1. The molecule has 1 aliphatic carbocycles. The lowest BCUT2D eigenvalue weighted by atomic mass is 9.93. The van der Waals surface area contributed by atoms with E-state index in [2.05, 4.69) is 44.2 Å². The molecule has 1 saturated carbocycles. The predicted molar refractivity (Wildman–Crippen MR) is 168 cm³/mol. The summed E-state index contributed by atoms with van der Waals surface area (Å²) in [6, 6.07) is 2.96. The Bertz CT molecular complexity index is 1310. The van der Waals surface area contributed by atoms with Gasteiger partial charge < -0.3 is 18.8 Å². The van der Waals surface area contributed by atoms with E-state index in [0.717, 1.165) is 6.42 Å². The highest BCUT2D eigenvalue weighted by Crippen LogP contribution is 2.51. The second kappa shape index (κ2) is 12.9. The molecule has 0 radical (unpaired) electrons. The summed E-state index contributed by atoms with van der Waals surface area (Å²) in [5.74, 6) is -1.19. The van der Waals surface area contributed by atoms with E-state index < -0.39 is 37.2 Å². The lowest BCUT2D eigenvalue weighted by Gasteiger charge is -2.37. The van der Waals surface area contributed by atoms with Crippen LogP contribution in [0.3, 0.4) is 0 Å². The largest absolute Gasteiger partial charge is 0.468 e. The monoisotopic (exact) mass is 617 g/mol. The van der Waals surface area contributed by atoms with Crippen LogP contribution in [0.15, 0.2) is 22.7 Å². The molecule has 2 aliphatic rings. The summed E-state index contributed by atoms with van der Waals surface area (Å²) in [5, 5.41) is 2.69. The molecule has 2 amide bonds. The van der Waals surface area contributed by atoms with Crippen molar-refractivity contribution in [2.45, 2.75) is 103 Å². The van der Waals surface area contributed by atoms with Gasteiger partial charge in [0.25, 0.3) is 0 Å². The SMILES string of the molecule is CCCN(CCO[Si](C)(C)C(C)(C)C)C(=O)C1=Cc2c(F)cc(C3(C(=O)OC)CC3)cc2N=C(NC(=O)OC(C)(C)C)C1. The predicted octanol–water partition coefficient (Wildman–Crippen LogP) is 6.63. The number of nitrogens with one attached hydrogen (secondary N) is 1.